The summed E-state index contributed by atoms with van der Waals surface area (Å²) in [6.45, 7) is 1.92. The molecule has 1 N–H and O–H groups in total. The van der Waals surface area contributed by atoms with Crippen LogP contribution in [0.5, 0.6) is 5.75 Å². The average molecular weight is 407 g/mol. The lowest BCUT2D eigenvalue weighted by atomic mass is 10.1. The summed E-state index contributed by atoms with van der Waals surface area (Å²) in [6.07, 6.45) is 2.32. The number of rotatable bonds is 6. The lowest BCUT2D eigenvalue weighted by Crippen LogP contribution is -2.19. The van der Waals surface area contributed by atoms with Crippen molar-refractivity contribution in [1.82, 2.24) is 4.98 Å². The van der Waals surface area contributed by atoms with Crippen molar-refractivity contribution in [2.24, 2.45) is 0 Å². The zero-order chi connectivity index (χ0) is 18.5. The summed E-state index contributed by atoms with van der Waals surface area (Å²) in [6, 6.07) is 13.1. The predicted molar refractivity (Wildman–Crippen MR) is 107 cm³/mol. The van der Waals surface area contributed by atoms with Crippen molar-refractivity contribution < 1.29 is 9.53 Å². The van der Waals surface area contributed by atoms with E-state index in [1.54, 1.807) is 12.3 Å². The van der Waals surface area contributed by atoms with Gasteiger partial charge in [-0.1, -0.05) is 53.0 Å². The summed E-state index contributed by atoms with van der Waals surface area (Å²) >= 11 is 13.6. The molecule has 0 bridgehead atoms. The lowest BCUT2D eigenvalue weighted by Gasteiger charge is -2.06. The van der Waals surface area contributed by atoms with Crippen LogP contribution in [0.15, 0.2) is 48.7 Å². The Labute approximate surface area is 165 Å². The summed E-state index contributed by atoms with van der Waals surface area (Å²) in [5.41, 5.74) is 2.06. The van der Waals surface area contributed by atoms with Gasteiger partial charge in [-0.25, -0.2) is 4.98 Å². The molecule has 1 aromatic heterocycles. The molecule has 1 amide bonds. The normalized spacial score (nSPS) is 10.6. The van der Waals surface area contributed by atoms with E-state index in [0.717, 1.165) is 16.0 Å². The van der Waals surface area contributed by atoms with Gasteiger partial charge in [-0.05, 0) is 30.7 Å². The Morgan fingerprint density at radius 3 is 2.73 bits per heavy atom. The third kappa shape index (κ3) is 4.97. The summed E-state index contributed by atoms with van der Waals surface area (Å²) in [5.74, 6) is 0.397. The number of thiazole rings is 1. The molecule has 0 saturated heterocycles. The fourth-order valence-electron chi connectivity index (χ4n) is 2.26. The first-order valence-corrected chi connectivity index (χ1v) is 9.45. The first-order valence-electron chi connectivity index (χ1n) is 7.88. The van der Waals surface area contributed by atoms with Crippen LogP contribution in [0.2, 0.25) is 10.0 Å². The van der Waals surface area contributed by atoms with Crippen LogP contribution in [0.1, 0.15) is 16.0 Å². The van der Waals surface area contributed by atoms with Crippen LogP contribution in [0.25, 0.3) is 0 Å². The highest BCUT2D eigenvalue weighted by atomic mass is 35.5. The monoisotopic (exact) mass is 406 g/mol. The number of carbonyl (C=O) groups is 1. The fraction of sp³-hybridized carbons (Fsp3) is 0.158. The number of hydrogen-bond acceptors (Lipinski definition) is 4. The van der Waals surface area contributed by atoms with E-state index in [4.69, 9.17) is 27.9 Å². The van der Waals surface area contributed by atoms with Crippen LogP contribution >= 0.6 is 34.5 Å². The van der Waals surface area contributed by atoms with Gasteiger partial charge in [-0.3, -0.25) is 10.1 Å². The third-order valence-electron chi connectivity index (χ3n) is 3.59. The van der Waals surface area contributed by atoms with Crippen molar-refractivity contribution in [3.8, 4) is 5.75 Å². The first kappa shape index (κ1) is 18.7. The van der Waals surface area contributed by atoms with Crippen molar-refractivity contribution >= 4 is 45.6 Å². The Hall–Kier alpha value is -2.08. The number of anilines is 1. The first-order chi connectivity index (χ1) is 12.5. The maximum absolute atomic E-state index is 12.0. The van der Waals surface area contributed by atoms with Gasteiger partial charge in [0.1, 0.15) is 5.75 Å². The van der Waals surface area contributed by atoms with Crippen LogP contribution in [-0.4, -0.2) is 17.5 Å². The Bertz CT molecular complexity index is 910. The Kier molecular flexibility index (Phi) is 6.14. The van der Waals surface area contributed by atoms with Crippen molar-refractivity contribution in [2.45, 2.75) is 13.3 Å². The van der Waals surface area contributed by atoms with Crippen molar-refractivity contribution in [2.75, 3.05) is 11.9 Å². The Morgan fingerprint density at radius 2 is 1.96 bits per heavy atom. The van der Waals surface area contributed by atoms with E-state index < -0.39 is 0 Å². The number of aryl methyl sites for hydroxylation is 1. The van der Waals surface area contributed by atoms with Crippen LogP contribution in [-0.2, 0) is 11.2 Å². The Morgan fingerprint density at radius 1 is 1.19 bits per heavy atom. The van der Waals surface area contributed by atoms with E-state index in [1.807, 2.05) is 43.3 Å². The molecular weight excluding hydrogens is 391 g/mol. The Balaban J connectivity index is 1.55. The molecule has 0 unspecified atom stereocenters. The van der Waals surface area contributed by atoms with Gasteiger partial charge in [-0.15, -0.1) is 11.3 Å². The molecular formula is C19H16Cl2N2O2S. The predicted octanol–water partition coefficient (Wildman–Crippen LogP) is 5.37. The second-order valence-corrected chi connectivity index (χ2v) is 7.57. The highest BCUT2D eigenvalue weighted by Crippen LogP contribution is 2.29. The molecule has 0 aliphatic rings. The van der Waals surface area contributed by atoms with Crippen LogP contribution in [0, 0.1) is 6.92 Å². The van der Waals surface area contributed by atoms with Gasteiger partial charge < -0.3 is 4.74 Å². The minimum atomic E-state index is -0.257. The van der Waals surface area contributed by atoms with Gasteiger partial charge in [0.2, 0.25) is 0 Å². The average Bonchev–Trinajstić information content (AvgIpc) is 3.05. The third-order valence-corrected chi connectivity index (χ3v) is 5.36. The van der Waals surface area contributed by atoms with Gasteiger partial charge in [-0.2, -0.15) is 0 Å². The van der Waals surface area contributed by atoms with E-state index in [-0.39, 0.29) is 12.5 Å². The van der Waals surface area contributed by atoms with E-state index in [1.165, 1.54) is 11.3 Å². The van der Waals surface area contributed by atoms with Crippen molar-refractivity contribution in [1.29, 1.82) is 0 Å². The summed E-state index contributed by atoms with van der Waals surface area (Å²) in [7, 11) is 0. The van der Waals surface area contributed by atoms with Gasteiger partial charge in [0.25, 0.3) is 5.91 Å². The highest BCUT2D eigenvalue weighted by Gasteiger charge is 2.10. The molecule has 0 radical (unpaired) electrons. The molecule has 134 valence electrons. The van der Waals surface area contributed by atoms with Crippen LogP contribution in [0.3, 0.4) is 0 Å². The SMILES string of the molecule is Cc1ccc(OCC(=O)Nc2ncc(Cc3cccc(Cl)c3Cl)s2)cc1. The molecule has 0 saturated carbocycles. The largest absolute Gasteiger partial charge is 0.484 e. The number of ether oxygens (including phenoxy) is 1. The number of hydrogen-bond donors (Lipinski definition) is 1. The van der Waals surface area contributed by atoms with Gasteiger partial charge in [0, 0.05) is 17.5 Å². The second-order valence-electron chi connectivity index (χ2n) is 5.67. The molecule has 26 heavy (non-hydrogen) atoms. The number of benzene rings is 2. The molecule has 0 fully saturated rings. The highest BCUT2D eigenvalue weighted by molar-refractivity contribution is 7.15. The van der Waals surface area contributed by atoms with E-state index in [2.05, 4.69) is 10.3 Å². The molecule has 0 spiro atoms. The van der Waals surface area contributed by atoms with Crippen molar-refractivity contribution in [3.05, 3.63) is 74.7 Å². The molecule has 3 aromatic rings. The molecule has 2 aromatic carbocycles. The van der Waals surface area contributed by atoms with Crippen LogP contribution in [0.4, 0.5) is 5.13 Å². The lowest BCUT2D eigenvalue weighted by molar-refractivity contribution is -0.118. The second kappa shape index (κ2) is 8.54. The summed E-state index contributed by atoms with van der Waals surface area (Å²) in [4.78, 5) is 17.2. The van der Waals surface area contributed by atoms with Gasteiger partial charge in [0.15, 0.2) is 11.7 Å². The maximum Gasteiger partial charge on any atom is 0.264 e. The zero-order valence-corrected chi connectivity index (χ0v) is 16.3. The molecule has 4 nitrogen and oxygen atoms in total. The fourth-order valence-corrected chi connectivity index (χ4v) is 3.50. The zero-order valence-electron chi connectivity index (χ0n) is 14.0. The van der Waals surface area contributed by atoms with Gasteiger partial charge >= 0.3 is 0 Å². The molecule has 0 aliphatic heterocycles. The van der Waals surface area contributed by atoms with E-state index >= 15 is 0 Å². The molecule has 7 heteroatoms. The number of carbonyl (C=O) groups excluding carboxylic acids is 1. The molecule has 0 aliphatic carbocycles. The minimum absolute atomic E-state index is 0.0713. The van der Waals surface area contributed by atoms with Gasteiger partial charge in [0.05, 0.1) is 10.0 Å². The summed E-state index contributed by atoms with van der Waals surface area (Å²) in [5, 5.41) is 4.33. The number of nitrogens with one attached hydrogen (secondary N) is 1. The molecule has 0 atom stereocenters. The van der Waals surface area contributed by atoms with Crippen molar-refractivity contribution in [3.63, 3.8) is 0 Å². The van der Waals surface area contributed by atoms with E-state index in [9.17, 15) is 4.79 Å². The molecule has 1 heterocycles. The maximum atomic E-state index is 12.0. The number of nitrogens with zero attached hydrogens (tertiary/aromatic N) is 1. The smallest absolute Gasteiger partial charge is 0.264 e. The summed E-state index contributed by atoms with van der Waals surface area (Å²) < 4.78 is 5.46. The van der Waals surface area contributed by atoms with E-state index in [0.29, 0.717) is 27.3 Å². The number of halogens is 2. The molecule has 3 rings (SSSR count). The minimum Gasteiger partial charge on any atom is -0.484 e. The number of aromatic nitrogens is 1. The number of amides is 1. The quantitative estimate of drug-likeness (QED) is 0.598. The topological polar surface area (TPSA) is 51.2 Å². The van der Waals surface area contributed by atoms with Crippen LogP contribution < -0.4 is 10.1 Å². The standard InChI is InChI=1S/C19H16Cl2N2O2S/c1-12-5-7-14(8-6-12)25-11-17(24)23-19-22-10-15(26-19)9-13-3-2-4-16(20)18(13)21/h2-8,10H,9,11H2,1H3,(H,22,23,24).